The Bertz CT molecular complexity index is 273. The van der Waals surface area contributed by atoms with Gasteiger partial charge in [0.25, 0.3) is 0 Å². The van der Waals surface area contributed by atoms with Gasteiger partial charge in [0.2, 0.25) is 5.91 Å². The fraction of sp³-hybridized carbons (Fsp3) is 0.833. The van der Waals surface area contributed by atoms with Gasteiger partial charge in [-0.15, -0.1) is 0 Å². The van der Waals surface area contributed by atoms with Crippen molar-refractivity contribution in [3.8, 4) is 0 Å². The Morgan fingerprint density at radius 2 is 1.88 bits per heavy atom. The van der Waals surface area contributed by atoms with Crippen molar-refractivity contribution in [2.45, 2.75) is 26.7 Å². The minimum Gasteiger partial charge on any atom is -0.392 e. The zero-order valence-corrected chi connectivity index (χ0v) is 11.6. The van der Waals surface area contributed by atoms with Crippen LogP contribution >= 0.6 is 12.2 Å². The van der Waals surface area contributed by atoms with Crippen LogP contribution in [0.25, 0.3) is 0 Å². The van der Waals surface area contributed by atoms with Crippen molar-refractivity contribution in [3.05, 3.63) is 0 Å². The number of hydrogen-bond acceptors (Lipinski definition) is 3. The van der Waals surface area contributed by atoms with Crippen LogP contribution in [0.4, 0.5) is 0 Å². The molecule has 1 amide bonds. The van der Waals surface area contributed by atoms with E-state index in [0.29, 0.717) is 23.9 Å². The van der Waals surface area contributed by atoms with Gasteiger partial charge in [-0.05, 0) is 12.3 Å². The summed E-state index contributed by atoms with van der Waals surface area (Å²) < 4.78 is 0. The first-order valence-corrected chi connectivity index (χ1v) is 6.68. The molecule has 1 rings (SSSR count). The normalized spacial score (nSPS) is 17.5. The molecule has 0 aliphatic carbocycles. The maximum Gasteiger partial charge on any atom is 0.222 e. The summed E-state index contributed by atoms with van der Waals surface area (Å²) in [5.74, 6) is 0.878. The van der Waals surface area contributed by atoms with E-state index in [4.69, 9.17) is 18.0 Å². The maximum atomic E-state index is 11.9. The van der Waals surface area contributed by atoms with E-state index in [1.54, 1.807) is 0 Å². The molecule has 1 saturated heterocycles. The number of amides is 1. The van der Waals surface area contributed by atoms with Gasteiger partial charge >= 0.3 is 0 Å². The summed E-state index contributed by atoms with van der Waals surface area (Å²) in [5.41, 5.74) is 5.51. The number of hydrogen-bond donors (Lipinski definition) is 1. The highest BCUT2D eigenvalue weighted by molar-refractivity contribution is 7.80. The standard InChI is InChI=1S/C12H23N3OS/c1-10(2)3-4-12(16)15-7-5-14(6-8-15)9-11(13)17/h10H,3-9H2,1-2H3,(H2,13,17). The van der Waals surface area contributed by atoms with Gasteiger partial charge in [-0.2, -0.15) is 0 Å². The number of carbonyl (C=O) groups excluding carboxylic acids is 1. The predicted octanol–water partition coefficient (Wildman–Crippen LogP) is 0.853. The maximum absolute atomic E-state index is 11.9. The molecule has 0 bridgehead atoms. The molecule has 4 nitrogen and oxygen atoms in total. The Hall–Kier alpha value is -0.680. The molecular weight excluding hydrogens is 234 g/mol. The van der Waals surface area contributed by atoms with E-state index in [1.165, 1.54) is 0 Å². The monoisotopic (exact) mass is 257 g/mol. The van der Waals surface area contributed by atoms with Crippen LogP contribution in [0.3, 0.4) is 0 Å². The van der Waals surface area contributed by atoms with E-state index in [-0.39, 0.29) is 5.91 Å². The summed E-state index contributed by atoms with van der Waals surface area (Å²) >= 11 is 4.88. The zero-order chi connectivity index (χ0) is 12.8. The first-order chi connectivity index (χ1) is 7.99. The highest BCUT2D eigenvalue weighted by Crippen LogP contribution is 2.09. The predicted molar refractivity (Wildman–Crippen MR) is 73.9 cm³/mol. The van der Waals surface area contributed by atoms with Crippen LogP contribution in [0.15, 0.2) is 0 Å². The SMILES string of the molecule is CC(C)CCC(=O)N1CCN(CC(N)=S)CC1. The number of rotatable bonds is 5. The van der Waals surface area contributed by atoms with E-state index in [9.17, 15) is 4.79 Å². The van der Waals surface area contributed by atoms with Crippen molar-refractivity contribution in [1.29, 1.82) is 0 Å². The molecule has 0 aromatic heterocycles. The number of nitrogens with two attached hydrogens (primary N) is 1. The van der Waals surface area contributed by atoms with Crippen LogP contribution in [-0.2, 0) is 4.79 Å². The topological polar surface area (TPSA) is 49.6 Å². The molecule has 1 aliphatic rings. The largest absolute Gasteiger partial charge is 0.392 e. The first-order valence-electron chi connectivity index (χ1n) is 6.27. The van der Waals surface area contributed by atoms with Crippen molar-refractivity contribution in [3.63, 3.8) is 0 Å². The zero-order valence-electron chi connectivity index (χ0n) is 10.8. The number of thiocarbonyl (C=S) groups is 1. The Kier molecular flexibility index (Phi) is 5.85. The van der Waals surface area contributed by atoms with Crippen LogP contribution in [0.1, 0.15) is 26.7 Å². The van der Waals surface area contributed by atoms with Crippen molar-refractivity contribution >= 4 is 23.1 Å². The van der Waals surface area contributed by atoms with Gasteiger partial charge in [0.1, 0.15) is 0 Å². The Balaban J connectivity index is 2.26. The summed E-state index contributed by atoms with van der Waals surface area (Å²) in [4.78, 5) is 16.6. The number of piperazine rings is 1. The Morgan fingerprint density at radius 3 is 2.35 bits per heavy atom. The molecule has 1 aliphatic heterocycles. The second kappa shape index (κ2) is 6.91. The molecule has 0 saturated carbocycles. The lowest BCUT2D eigenvalue weighted by molar-refractivity contribution is -0.133. The van der Waals surface area contributed by atoms with Gasteiger partial charge < -0.3 is 10.6 Å². The second-order valence-electron chi connectivity index (χ2n) is 5.06. The molecule has 17 heavy (non-hydrogen) atoms. The quantitative estimate of drug-likeness (QED) is 0.742. The molecule has 5 heteroatoms. The summed E-state index contributed by atoms with van der Waals surface area (Å²) in [5, 5.41) is 0. The lowest BCUT2D eigenvalue weighted by Gasteiger charge is -2.34. The molecule has 1 fully saturated rings. The average molecular weight is 257 g/mol. The third kappa shape index (κ3) is 5.46. The molecule has 0 atom stereocenters. The number of nitrogens with zero attached hydrogens (tertiary/aromatic N) is 2. The lowest BCUT2D eigenvalue weighted by Crippen LogP contribution is -2.50. The molecule has 0 aromatic rings. The minimum atomic E-state index is 0.286. The smallest absolute Gasteiger partial charge is 0.222 e. The molecule has 0 spiro atoms. The van der Waals surface area contributed by atoms with Crippen LogP contribution in [0, 0.1) is 5.92 Å². The summed E-state index contributed by atoms with van der Waals surface area (Å²) in [6.45, 7) is 8.33. The molecule has 0 unspecified atom stereocenters. The van der Waals surface area contributed by atoms with Crippen LogP contribution < -0.4 is 5.73 Å². The van der Waals surface area contributed by atoms with E-state index < -0.39 is 0 Å². The third-order valence-electron chi connectivity index (χ3n) is 3.04. The van der Waals surface area contributed by atoms with Gasteiger partial charge in [0.15, 0.2) is 0 Å². The Labute approximate surface area is 109 Å². The van der Waals surface area contributed by atoms with Crippen molar-refractivity contribution in [2.24, 2.45) is 11.7 Å². The minimum absolute atomic E-state index is 0.286. The number of carbonyl (C=O) groups is 1. The lowest BCUT2D eigenvalue weighted by atomic mass is 10.1. The summed E-state index contributed by atoms with van der Waals surface area (Å²) in [6, 6.07) is 0. The summed E-state index contributed by atoms with van der Waals surface area (Å²) in [7, 11) is 0. The van der Waals surface area contributed by atoms with Crippen LogP contribution in [0.5, 0.6) is 0 Å². The van der Waals surface area contributed by atoms with Crippen molar-refractivity contribution in [1.82, 2.24) is 9.80 Å². The van der Waals surface area contributed by atoms with Gasteiger partial charge in [0.05, 0.1) is 4.99 Å². The molecular formula is C12H23N3OS. The molecule has 0 radical (unpaired) electrons. The van der Waals surface area contributed by atoms with Crippen LogP contribution in [-0.4, -0.2) is 53.4 Å². The molecule has 1 heterocycles. The second-order valence-corrected chi connectivity index (χ2v) is 5.58. The van der Waals surface area contributed by atoms with Gasteiger partial charge in [-0.25, -0.2) is 0 Å². The van der Waals surface area contributed by atoms with Gasteiger partial charge in [-0.3, -0.25) is 9.69 Å². The van der Waals surface area contributed by atoms with Crippen LogP contribution in [0.2, 0.25) is 0 Å². The molecule has 2 N–H and O–H groups in total. The van der Waals surface area contributed by atoms with Gasteiger partial charge in [-0.1, -0.05) is 26.1 Å². The highest BCUT2D eigenvalue weighted by atomic mass is 32.1. The van der Waals surface area contributed by atoms with Gasteiger partial charge in [0, 0.05) is 39.1 Å². The van der Waals surface area contributed by atoms with E-state index in [0.717, 1.165) is 32.6 Å². The fourth-order valence-corrected chi connectivity index (χ4v) is 2.13. The molecule has 0 aromatic carbocycles. The van der Waals surface area contributed by atoms with E-state index in [2.05, 4.69) is 18.7 Å². The average Bonchev–Trinajstić information content (AvgIpc) is 2.26. The summed E-state index contributed by atoms with van der Waals surface area (Å²) in [6.07, 6.45) is 1.65. The third-order valence-corrected chi connectivity index (χ3v) is 3.17. The van der Waals surface area contributed by atoms with Crippen molar-refractivity contribution < 1.29 is 4.79 Å². The van der Waals surface area contributed by atoms with E-state index in [1.807, 2.05) is 4.90 Å². The van der Waals surface area contributed by atoms with Crippen molar-refractivity contribution in [2.75, 3.05) is 32.7 Å². The fourth-order valence-electron chi connectivity index (χ4n) is 1.95. The Morgan fingerprint density at radius 1 is 1.29 bits per heavy atom. The highest BCUT2D eigenvalue weighted by Gasteiger charge is 2.20. The first kappa shape index (κ1) is 14.4. The van der Waals surface area contributed by atoms with E-state index >= 15 is 0 Å². The molecule has 98 valence electrons.